The van der Waals surface area contributed by atoms with Gasteiger partial charge in [-0.1, -0.05) is 30.3 Å². The minimum Gasteiger partial charge on any atom is -0.476 e. The Balaban J connectivity index is 1.30. The number of ether oxygens (including phenoxy) is 2. The van der Waals surface area contributed by atoms with Crippen molar-refractivity contribution in [3.8, 4) is 22.9 Å². The van der Waals surface area contributed by atoms with Gasteiger partial charge < -0.3 is 29.9 Å². The van der Waals surface area contributed by atoms with Crippen LogP contribution in [0.3, 0.4) is 0 Å². The molecule has 0 atom stereocenters. The first-order valence-corrected chi connectivity index (χ1v) is 16.5. The van der Waals surface area contributed by atoms with E-state index in [1.54, 1.807) is 24.3 Å². The van der Waals surface area contributed by atoms with Crippen LogP contribution in [0.4, 0.5) is 18.9 Å². The summed E-state index contributed by atoms with van der Waals surface area (Å²) >= 11 is 5.72. The molecule has 0 aliphatic carbocycles. The van der Waals surface area contributed by atoms with E-state index in [-0.39, 0.29) is 11.9 Å². The van der Waals surface area contributed by atoms with Crippen LogP contribution in [0, 0.1) is 0 Å². The molecule has 47 heavy (non-hydrogen) atoms. The van der Waals surface area contributed by atoms with Crippen molar-refractivity contribution in [1.29, 1.82) is 0 Å². The van der Waals surface area contributed by atoms with Crippen molar-refractivity contribution in [3.63, 3.8) is 0 Å². The van der Waals surface area contributed by atoms with Crippen LogP contribution in [0.1, 0.15) is 62.4 Å². The van der Waals surface area contributed by atoms with Crippen LogP contribution in [0.2, 0.25) is 0 Å². The minimum absolute atomic E-state index is 0.0134. The predicted molar refractivity (Wildman–Crippen MR) is 181 cm³/mol. The smallest absolute Gasteiger partial charge is 0.416 e. The molecule has 1 aliphatic heterocycles. The number of aromatic nitrogens is 2. The number of rotatable bonds is 14. The van der Waals surface area contributed by atoms with Crippen LogP contribution in [0.5, 0.6) is 11.8 Å². The fourth-order valence-electron chi connectivity index (χ4n) is 5.57. The Morgan fingerprint density at radius 2 is 1.62 bits per heavy atom. The second-order valence-electron chi connectivity index (χ2n) is 11.1. The van der Waals surface area contributed by atoms with Gasteiger partial charge in [0.05, 0.1) is 18.8 Å². The molecule has 4 rings (SSSR count). The van der Waals surface area contributed by atoms with E-state index in [4.69, 9.17) is 21.7 Å². The van der Waals surface area contributed by atoms with E-state index < -0.39 is 11.7 Å². The maximum absolute atomic E-state index is 13.3. The molecular weight excluding hydrogens is 629 g/mol. The highest BCUT2D eigenvalue weighted by molar-refractivity contribution is 7.80. The number of piperidine rings is 1. The first-order valence-electron chi connectivity index (χ1n) is 16.1. The number of unbranched alkanes of at least 4 members (excludes halogenated alkanes) is 1. The van der Waals surface area contributed by atoms with E-state index in [1.807, 2.05) is 25.7 Å². The molecule has 1 fully saturated rings. The molecular formula is C34H43F3N6O3S. The Morgan fingerprint density at radius 1 is 0.979 bits per heavy atom. The third kappa shape index (κ3) is 9.77. The molecule has 9 nitrogen and oxygen atoms in total. The van der Waals surface area contributed by atoms with Crippen LogP contribution in [-0.4, -0.2) is 77.9 Å². The second kappa shape index (κ2) is 17.3. The van der Waals surface area contributed by atoms with Crippen molar-refractivity contribution in [1.82, 2.24) is 25.5 Å². The zero-order chi connectivity index (χ0) is 33.8. The van der Waals surface area contributed by atoms with Gasteiger partial charge in [0.15, 0.2) is 10.8 Å². The molecule has 0 saturated carbocycles. The number of carbonyl (C=O) groups excluding carboxylic acids is 1. The maximum Gasteiger partial charge on any atom is 0.416 e. The summed E-state index contributed by atoms with van der Waals surface area (Å²) in [5.74, 6) is 0.632. The summed E-state index contributed by atoms with van der Waals surface area (Å²) in [6, 6.07) is 11.9. The first kappa shape index (κ1) is 35.9. The lowest BCUT2D eigenvalue weighted by Crippen LogP contribution is -2.45. The third-order valence-corrected chi connectivity index (χ3v) is 8.25. The minimum atomic E-state index is -4.41. The van der Waals surface area contributed by atoms with Crippen molar-refractivity contribution in [2.24, 2.45) is 0 Å². The summed E-state index contributed by atoms with van der Waals surface area (Å²) in [4.78, 5) is 26.3. The average molecular weight is 673 g/mol. The lowest BCUT2D eigenvalue weighted by molar-refractivity contribution is -0.137. The molecule has 13 heteroatoms. The van der Waals surface area contributed by atoms with Gasteiger partial charge in [-0.3, -0.25) is 4.79 Å². The fraction of sp³-hybridized carbons (Fsp3) is 0.471. The molecule has 3 aromatic rings. The lowest BCUT2D eigenvalue weighted by Gasteiger charge is -2.33. The van der Waals surface area contributed by atoms with Gasteiger partial charge in [0.1, 0.15) is 6.33 Å². The van der Waals surface area contributed by atoms with E-state index in [0.717, 1.165) is 57.5 Å². The number of halogens is 3. The van der Waals surface area contributed by atoms with Gasteiger partial charge in [0.25, 0.3) is 5.91 Å². The van der Waals surface area contributed by atoms with Crippen molar-refractivity contribution < 1.29 is 27.4 Å². The number of hydrogen-bond donors (Lipinski definition) is 2. The number of anilines is 1. The summed E-state index contributed by atoms with van der Waals surface area (Å²) in [7, 11) is 0. The summed E-state index contributed by atoms with van der Waals surface area (Å²) in [5, 5.41) is 6.93. The van der Waals surface area contributed by atoms with E-state index >= 15 is 0 Å². The molecule has 254 valence electrons. The molecule has 0 bridgehead atoms. The fourth-order valence-corrected chi connectivity index (χ4v) is 5.89. The Hall–Kier alpha value is -3.97. The quantitative estimate of drug-likeness (QED) is 0.151. The van der Waals surface area contributed by atoms with Crippen LogP contribution >= 0.6 is 12.2 Å². The van der Waals surface area contributed by atoms with E-state index in [2.05, 4.69) is 25.5 Å². The molecule has 1 aliphatic rings. The zero-order valence-corrected chi connectivity index (χ0v) is 27.9. The highest BCUT2D eigenvalue weighted by Gasteiger charge is 2.30. The SMILES string of the molecule is CCNC(=S)N(CCCCN1CCC(NC(=O)c2ccccc2-c2ccc(C(F)(F)F)cc2)CC1)c1c(OCC)ncnc1OCC. The van der Waals surface area contributed by atoms with Crippen LogP contribution in [0.25, 0.3) is 11.1 Å². The van der Waals surface area contributed by atoms with E-state index in [1.165, 1.54) is 18.5 Å². The summed E-state index contributed by atoms with van der Waals surface area (Å²) < 4.78 is 50.7. The number of thiocarbonyl (C=S) groups is 1. The van der Waals surface area contributed by atoms with Gasteiger partial charge in [-0.05, 0) is 94.5 Å². The first-order chi connectivity index (χ1) is 22.7. The number of alkyl halides is 3. The second-order valence-corrected chi connectivity index (χ2v) is 11.5. The van der Waals surface area contributed by atoms with Crippen molar-refractivity contribution in [2.45, 2.75) is 58.7 Å². The van der Waals surface area contributed by atoms with Crippen molar-refractivity contribution in [3.05, 3.63) is 66.0 Å². The van der Waals surface area contributed by atoms with Crippen LogP contribution in [-0.2, 0) is 6.18 Å². The monoisotopic (exact) mass is 672 g/mol. The Morgan fingerprint density at radius 3 is 2.21 bits per heavy atom. The zero-order valence-electron chi connectivity index (χ0n) is 27.1. The van der Waals surface area contributed by atoms with Gasteiger partial charge in [-0.2, -0.15) is 23.1 Å². The Labute approximate surface area is 279 Å². The normalized spacial score (nSPS) is 14.0. The van der Waals surface area contributed by atoms with Crippen LogP contribution < -0.4 is 25.0 Å². The number of nitrogens with one attached hydrogen (secondary N) is 2. The summed E-state index contributed by atoms with van der Waals surface area (Å²) in [6.45, 7) is 10.6. The maximum atomic E-state index is 13.3. The van der Waals surface area contributed by atoms with Gasteiger partial charge in [-0.15, -0.1) is 0 Å². The summed E-state index contributed by atoms with van der Waals surface area (Å²) in [5.41, 5.74) is 1.51. The third-order valence-electron chi connectivity index (χ3n) is 7.88. The lowest BCUT2D eigenvalue weighted by atomic mass is 9.97. The molecule has 0 spiro atoms. The molecule has 0 radical (unpaired) electrons. The standard InChI is InChI=1S/C34H43F3N6O3S/c1-4-38-33(47)43(29-31(45-5-2)39-23-40-32(29)46-6-3)20-10-9-19-42-21-17-26(18-22-42)41-30(44)28-12-8-7-11-27(28)24-13-15-25(16-14-24)34(35,36)37/h7-8,11-16,23,26H,4-6,9-10,17-22H2,1-3H3,(H,38,47)(H,41,44). The largest absolute Gasteiger partial charge is 0.476 e. The Kier molecular flexibility index (Phi) is 13.2. The molecule has 0 unspecified atom stereocenters. The van der Waals surface area contributed by atoms with Gasteiger partial charge in [0.2, 0.25) is 11.8 Å². The average Bonchev–Trinajstić information content (AvgIpc) is 3.06. The number of carbonyl (C=O) groups is 1. The molecule has 1 saturated heterocycles. The molecule has 1 amide bonds. The van der Waals surface area contributed by atoms with E-state index in [9.17, 15) is 18.0 Å². The molecule has 2 heterocycles. The number of nitrogens with zero attached hydrogens (tertiary/aromatic N) is 4. The predicted octanol–water partition coefficient (Wildman–Crippen LogP) is 6.34. The van der Waals surface area contributed by atoms with Crippen molar-refractivity contribution >= 4 is 28.9 Å². The van der Waals surface area contributed by atoms with Crippen molar-refractivity contribution in [2.75, 3.05) is 50.8 Å². The summed E-state index contributed by atoms with van der Waals surface area (Å²) in [6.07, 6.45) is 0.421. The Bertz CT molecular complexity index is 1440. The van der Waals surface area contributed by atoms with Gasteiger partial charge >= 0.3 is 6.18 Å². The van der Waals surface area contributed by atoms with E-state index in [0.29, 0.717) is 65.6 Å². The molecule has 2 aromatic carbocycles. The number of amides is 1. The topological polar surface area (TPSA) is 91.9 Å². The highest BCUT2D eigenvalue weighted by Crippen LogP contribution is 2.35. The van der Waals surface area contributed by atoms with Crippen LogP contribution in [0.15, 0.2) is 54.9 Å². The molecule has 1 aromatic heterocycles. The van der Waals surface area contributed by atoms with Gasteiger partial charge in [0, 0.05) is 37.8 Å². The van der Waals surface area contributed by atoms with Gasteiger partial charge in [-0.25, -0.2) is 0 Å². The molecule has 2 N–H and O–H groups in total. The number of benzene rings is 2. The highest BCUT2D eigenvalue weighted by atomic mass is 32.1. The number of likely N-dealkylation sites (tertiary alicyclic amines) is 1. The number of hydrogen-bond acceptors (Lipinski definition) is 7.